The van der Waals surface area contributed by atoms with Gasteiger partial charge in [-0.2, -0.15) is 0 Å². The van der Waals surface area contributed by atoms with E-state index < -0.39 is 4.92 Å². The molecule has 0 bridgehead atoms. The summed E-state index contributed by atoms with van der Waals surface area (Å²) in [6.45, 7) is 1.58. The van der Waals surface area contributed by atoms with Crippen molar-refractivity contribution in [2.75, 3.05) is 6.54 Å². The second kappa shape index (κ2) is 6.68. The highest BCUT2D eigenvalue weighted by Gasteiger charge is 2.13. The van der Waals surface area contributed by atoms with E-state index in [1.807, 2.05) is 6.07 Å². The van der Waals surface area contributed by atoms with Crippen LogP contribution in [-0.2, 0) is 6.54 Å². The van der Waals surface area contributed by atoms with Crippen LogP contribution >= 0.6 is 11.6 Å². The summed E-state index contributed by atoms with van der Waals surface area (Å²) in [7, 11) is 0. The van der Waals surface area contributed by atoms with Crippen molar-refractivity contribution < 1.29 is 4.92 Å². The standard InChI is InChI=1S/C14H17ClN2O2/c15-13-7-6-12(8-14(13)17(18)19)10-16-9-11-4-2-1-3-5-11/h1-2,6-8,11,16H,3-5,9-10H2. The highest BCUT2D eigenvalue weighted by molar-refractivity contribution is 6.32. The van der Waals surface area contributed by atoms with Crippen molar-refractivity contribution in [3.8, 4) is 0 Å². The van der Waals surface area contributed by atoms with Crippen molar-refractivity contribution >= 4 is 17.3 Å². The van der Waals surface area contributed by atoms with Gasteiger partial charge < -0.3 is 5.32 Å². The zero-order valence-electron chi connectivity index (χ0n) is 10.6. The van der Waals surface area contributed by atoms with Crippen LogP contribution in [0.1, 0.15) is 24.8 Å². The first-order valence-corrected chi connectivity index (χ1v) is 6.83. The minimum atomic E-state index is -0.447. The van der Waals surface area contributed by atoms with Gasteiger partial charge in [-0.15, -0.1) is 0 Å². The Labute approximate surface area is 117 Å². The molecule has 1 N–H and O–H groups in total. The van der Waals surface area contributed by atoms with Crippen LogP contribution in [0.15, 0.2) is 30.4 Å². The summed E-state index contributed by atoms with van der Waals surface area (Å²) in [6.07, 6.45) is 7.93. The molecule has 1 atom stereocenters. The summed E-state index contributed by atoms with van der Waals surface area (Å²) in [4.78, 5) is 10.3. The van der Waals surface area contributed by atoms with Crippen LogP contribution in [0, 0.1) is 16.0 Å². The van der Waals surface area contributed by atoms with Crippen LogP contribution in [0.5, 0.6) is 0 Å². The Morgan fingerprint density at radius 2 is 2.26 bits per heavy atom. The Balaban J connectivity index is 1.87. The summed E-state index contributed by atoms with van der Waals surface area (Å²) in [6, 6.07) is 4.94. The highest BCUT2D eigenvalue weighted by Crippen LogP contribution is 2.25. The maximum Gasteiger partial charge on any atom is 0.288 e. The van der Waals surface area contributed by atoms with Crippen LogP contribution < -0.4 is 5.32 Å². The summed E-state index contributed by atoms with van der Waals surface area (Å²) >= 11 is 5.78. The fraction of sp³-hybridized carbons (Fsp3) is 0.429. The SMILES string of the molecule is O=[N+]([O-])c1cc(CNCC2CC=CCC2)ccc1Cl. The average Bonchev–Trinajstić information content (AvgIpc) is 2.41. The molecule has 102 valence electrons. The van der Waals surface area contributed by atoms with E-state index in [2.05, 4.69) is 17.5 Å². The Kier molecular flexibility index (Phi) is 4.93. The minimum absolute atomic E-state index is 0.0263. The maximum atomic E-state index is 10.8. The second-order valence-corrected chi connectivity index (χ2v) is 5.23. The van der Waals surface area contributed by atoms with Gasteiger partial charge in [0.1, 0.15) is 5.02 Å². The number of halogens is 1. The molecule has 0 radical (unpaired) electrons. The molecule has 0 saturated heterocycles. The van der Waals surface area contributed by atoms with Crippen molar-refractivity contribution in [3.63, 3.8) is 0 Å². The molecule has 1 aromatic carbocycles. The highest BCUT2D eigenvalue weighted by atomic mass is 35.5. The van der Waals surface area contributed by atoms with E-state index in [4.69, 9.17) is 11.6 Å². The third kappa shape index (κ3) is 4.04. The maximum absolute atomic E-state index is 10.8. The number of nitrogens with one attached hydrogen (secondary N) is 1. The molecule has 2 rings (SSSR count). The van der Waals surface area contributed by atoms with Gasteiger partial charge in [-0.3, -0.25) is 10.1 Å². The molecular weight excluding hydrogens is 264 g/mol. The molecular formula is C14H17ClN2O2. The molecule has 5 heteroatoms. The zero-order valence-corrected chi connectivity index (χ0v) is 11.4. The third-order valence-corrected chi connectivity index (χ3v) is 3.67. The normalized spacial score (nSPS) is 18.5. The fourth-order valence-electron chi connectivity index (χ4n) is 2.27. The number of benzene rings is 1. The van der Waals surface area contributed by atoms with E-state index in [0.29, 0.717) is 12.5 Å². The van der Waals surface area contributed by atoms with Crippen LogP contribution in [0.2, 0.25) is 5.02 Å². The molecule has 0 saturated carbocycles. The number of allylic oxidation sites excluding steroid dienone is 2. The second-order valence-electron chi connectivity index (χ2n) is 4.82. The molecule has 19 heavy (non-hydrogen) atoms. The van der Waals surface area contributed by atoms with Gasteiger partial charge in [0.15, 0.2) is 0 Å². The van der Waals surface area contributed by atoms with Gasteiger partial charge in [0.25, 0.3) is 5.69 Å². The van der Waals surface area contributed by atoms with Crippen LogP contribution in [0.25, 0.3) is 0 Å². The smallest absolute Gasteiger partial charge is 0.288 e. The fourth-order valence-corrected chi connectivity index (χ4v) is 2.46. The lowest BCUT2D eigenvalue weighted by Gasteiger charge is -2.18. The van der Waals surface area contributed by atoms with Crippen molar-refractivity contribution in [2.24, 2.45) is 5.92 Å². The van der Waals surface area contributed by atoms with E-state index in [9.17, 15) is 10.1 Å². The van der Waals surface area contributed by atoms with E-state index in [1.165, 1.54) is 12.5 Å². The lowest BCUT2D eigenvalue weighted by Crippen LogP contribution is -2.23. The van der Waals surface area contributed by atoms with Crippen LogP contribution in [0.3, 0.4) is 0 Å². The number of nitro benzene ring substituents is 1. The molecule has 4 nitrogen and oxygen atoms in total. The topological polar surface area (TPSA) is 55.2 Å². The van der Waals surface area contributed by atoms with Gasteiger partial charge in [0.05, 0.1) is 4.92 Å². The van der Waals surface area contributed by atoms with Gasteiger partial charge >= 0.3 is 0 Å². The monoisotopic (exact) mass is 280 g/mol. The van der Waals surface area contributed by atoms with E-state index in [0.717, 1.165) is 24.9 Å². The first-order valence-electron chi connectivity index (χ1n) is 6.45. The summed E-state index contributed by atoms with van der Waals surface area (Å²) in [5, 5.41) is 14.3. The zero-order chi connectivity index (χ0) is 13.7. The van der Waals surface area contributed by atoms with Gasteiger partial charge in [-0.25, -0.2) is 0 Å². The van der Waals surface area contributed by atoms with Gasteiger partial charge in [0, 0.05) is 12.6 Å². The average molecular weight is 281 g/mol. The van der Waals surface area contributed by atoms with Crippen molar-refractivity contribution in [3.05, 3.63) is 51.1 Å². The van der Waals surface area contributed by atoms with Crippen molar-refractivity contribution in [2.45, 2.75) is 25.8 Å². The number of hydrogen-bond donors (Lipinski definition) is 1. The molecule has 1 aliphatic carbocycles. The van der Waals surface area contributed by atoms with Crippen molar-refractivity contribution in [1.82, 2.24) is 5.32 Å². The summed E-state index contributed by atoms with van der Waals surface area (Å²) < 4.78 is 0. The third-order valence-electron chi connectivity index (χ3n) is 3.35. The lowest BCUT2D eigenvalue weighted by molar-refractivity contribution is -0.384. The number of nitro groups is 1. The Bertz CT molecular complexity index is 488. The predicted molar refractivity (Wildman–Crippen MR) is 76.3 cm³/mol. The number of nitrogens with zero attached hydrogens (tertiary/aromatic N) is 1. The van der Waals surface area contributed by atoms with Gasteiger partial charge in [-0.05, 0) is 43.4 Å². The first-order chi connectivity index (χ1) is 9.16. The Morgan fingerprint density at radius 1 is 1.42 bits per heavy atom. The van der Waals surface area contributed by atoms with Gasteiger partial charge in [-0.1, -0.05) is 29.8 Å². The van der Waals surface area contributed by atoms with Crippen LogP contribution in [0.4, 0.5) is 5.69 Å². The molecule has 0 spiro atoms. The Hall–Kier alpha value is -1.39. The predicted octanol–water partition coefficient (Wildman–Crippen LogP) is 3.69. The summed E-state index contributed by atoms with van der Waals surface area (Å²) in [5.41, 5.74) is 0.865. The molecule has 0 amide bonds. The quantitative estimate of drug-likeness (QED) is 0.508. The molecule has 0 fully saturated rings. The first kappa shape index (κ1) is 14.0. The van der Waals surface area contributed by atoms with Gasteiger partial charge in [0.2, 0.25) is 0 Å². The van der Waals surface area contributed by atoms with E-state index in [1.54, 1.807) is 6.07 Å². The molecule has 0 aliphatic heterocycles. The molecule has 1 unspecified atom stereocenters. The van der Waals surface area contributed by atoms with E-state index in [-0.39, 0.29) is 10.7 Å². The minimum Gasteiger partial charge on any atom is -0.312 e. The number of hydrogen-bond acceptors (Lipinski definition) is 3. The number of rotatable bonds is 5. The summed E-state index contributed by atoms with van der Waals surface area (Å²) in [5.74, 6) is 0.673. The largest absolute Gasteiger partial charge is 0.312 e. The molecule has 1 aromatic rings. The molecule has 0 aromatic heterocycles. The lowest BCUT2D eigenvalue weighted by atomic mass is 9.94. The van der Waals surface area contributed by atoms with Crippen LogP contribution in [-0.4, -0.2) is 11.5 Å². The molecule has 0 heterocycles. The van der Waals surface area contributed by atoms with E-state index >= 15 is 0 Å². The molecule has 1 aliphatic rings. The Morgan fingerprint density at radius 3 is 2.95 bits per heavy atom. The van der Waals surface area contributed by atoms with Crippen molar-refractivity contribution in [1.29, 1.82) is 0 Å².